The molecular formula is C16H24N2O. The molecule has 2 rings (SSSR count). The number of hydrogen-bond donors (Lipinski definition) is 1. The van der Waals surface area contributed by atoms with E-state index in [2.05, 4.69) is 45.9 Å². The van der Waals surface area contributed by atoms with Crippen LogP contribution in [0.25, 0.3) is 0 Å². The summed E-state index contributed by atoms with van der Waals surface area (Å²) in [6.07, 6.45) is 2.30. The number of nitrogens with two attached hydrogens (primary N) is 1. The summed E-state index contributed by atoms with van der Waals surface area (Å²) >= 11 is 0. The zero-order valence-electron chi connectivity index (χ0n) is 12.4. The monoisotopic (exact) mass is 260 g/mol. The predicted molar refractivity (Wildman–Crippen MR) is 79.4 cm³/mol. The Morgan fingerprint density at radius 1 is 1.26 bits per heavy atom. The van der Waals surface area contributed by atoms with Crippen molar-refractivity contribution in [1.82, 2.24) is 0 Å². The number of benzene rings is 1. The van der Waals surface area contributed by atoms with Crippen LogP contribution in [0.3, 0.4) is 0 Å². The van der Waals surface area contributed by atoms with E-state index in [0.717, 1.165) is 18.5 Å². The summed E-state index contributed by atoms with van der Waals surface area (Å²) in [4.78, 5) is 14.3. The van der Waals surface area contributed by atoms with E-state index >= 15 is 0 Å². The third-order valence-electron chi connectivity index (χ3n) is 4.32. The van der Waals surface area contributed by atoms with Crippen molar-refractivity contribution < 1.29 is 4.79 Å². The molecule has 3 heteroatoms. The van der Waals surface area contributed by atoms with E-state index in [9.17, 15) is 4.79 Å². The first-order valence-corrected chi connectivity index (χ1v) is 7.12. The molecule has 1 heterocycles. The molecule has 0 spiro atoms. The van der Waals surface area contributed by atoms with Gasteiger partial charge in [-0.25, -0.2) is 0 Å². The minimum Gasteiger partial charge on any atom is -0.325 e. The Morgan fingerprint density at radius 2 is 1.79 bits per heavy atom. The van der Waals surface area contributed by atoms with Crippen LogP contribution in [0.4, 0.5) is 5.69 Å². The van der Waals surface area contributed by atoms with Crippen LogP contribution in [0, 0.1) is 0 Å². The molecule has 1 atom stereocenters. The van der Waals surface area contributed by atoms with Gasteiger partial charge >= 0.3 is 0 Å². The molecule has 1 aromatic carbocycles. The van der Waals surface area contributed by atoms with E-state index in [4.69, 9.17) is 5.73 Å². The van der Waals surface area contributed by atoms with Gasteiger partial charge in [-0.05, 0) is 37.8 Å². The van der Waals surface area contributed by atoms with Gasteiger partial charge in [0.1, 0.15) is 0 Å². The van der Waals surface area contributed by atoms with Gasteiger partial charge in [0.15, 0.2) is 0 Å². The highest BCUT2D eigenvalue weighted by Crippen LogP contribution is 2.38. The van der Waals surface area contributed by atoms with E-state index in [1.54, 1.807) is 0 Å². The molecule has 19 heavy (non-hydrogen) atoms. The van der Waals surface area contributed by atoms with Gasteiger partial charge in [-0.2, -0.15) is 0 Å². The Hall–Kier alpha value is -1.35. The van der Waals surface area contributed by atoms with Gasteiger partial charge in [0.2, 0.25) is 5.91 Å². The van der Waals surface area contributed by atoms with Gasteiger partial charge in [0.05, 0.1) is 11.2 Å². The van der Waals surface area contributed by atoms with E-state index in [-0.39, 0.29) is 17.5 Å². The fourth-order valence-corrected chi connectivity index (χ4v) is 2.93. The number of amides is 1. The predicted octanol–water partition coefficient (Wildman–Crippen LogP) is 2.65. The maximum atomic E-state index is 12.4. The van der Waals surface area contributed by atoms with Crippen molar-refractivity contribution >= 4 is 11.6 Å². The van der Waals surface area contributed by atoms with Crippen LogP contribution in [0.15, 0.2) is 18.2 Å². The van der Waals surface area contributed by atoms with Crippen molar-refractivity contribution in [3.05, 3.63) is 29.3 Å². The molecule has 1 aliphatic rings. The Balaban J connectivity index is 2.60. The molecular weight excluding hydrogens is 236 g/mol. The maximum absolute atomic E-state index is 12.4. The van der Waals surface area contributed by atoms with Crippen LogP contribution in [-0.2, 0) is 17.6 Å². The highest BCUT2D eigenvalue weighted by atomic mass is 16.2. The Labute approximate surface area is 115 Å². The number of rotatable bonds is 3. The average Bonchev–Trinajstić information content (AvgIpc) is 2.57. The second kappa shape index (κ2) is 4.97. The molecule has 1 aromatic rings. The average molecular weight is 260 g/mol. The number of anilines is 1. The lowest BCUT2D eigenvalue weighted by Gasteiger charge is -2.37. The summed E-state index contributed by atoms with van der Waals surface area (Å²) in [6.45, 7) is 8.39. The van der Waals surface area contributed by atoms with Crippen molar-refractivity contribution in [2.75, 3.05) is 4.90 Å². The molecule has 0 bridgehead atoms. The van der Waals surface area contributed by atoms with E-state index in [1.165, 1.54) is 11.1 Å². The van der Waals surface area contributed by atoms with Crippen LogP contribution >= 0.6 is 0 Å². The summed E-state index contributed by atoms with van der Waals surface area (Å²) in [6, 6.07) is 6.20. The fourth-order valence-electron chi connectivity index (χ4n) is 2.93. The number of hydrogen-bond acceptors (Lipinski definition) is 2. The third kappa shape index (κ3) is 2.16. The van der Waals surface area contributed by atoms with Gasteiger partial charge < -0.3 is 10.6 Å². The molecule has 1 saturated heterocycles. The van der Waals surface area contributed by atoms with Crippen LogP contribution in [0.1, 0.15) is 45.2 Å². The molecule has 0 radical (unpaired) electrons. The number of para-hydroxylation sites is 1. The molecule has 1 aliphatic heterocycles. The first-order chi connectivity index (χ1) is 8.93. The van der Waals surface area contributed by atoms with Gasteiger partial charge in [0, 0.05) is 12.5 Å². The van der Waals surface area contributed by atoms with Crippen LogP contribution in [0.2, 0.25) is 0 Å². The van der Waals surface area contributed by atoms with Crippen LogP contribution < -0.4 is 10.6 Å². The minimum atomic E-state index is -0.313. The SMILES string of the molecule is CCc1cccc(CC)c1N1C(=O)CC(N)C1(C)C. The third-order valence-corrected chi connectivity index (χ3v) is 4.32. The van der Waals surface area contributed by atoms with Gasteiger partial charge in [-0.15, -0.1) is 0 Å². The number of carbonyl (C=O) groups is 1. The first kappa shape index (κ1) is 14.1. The van der Waals surface area contributed by atoms with E-state index < -0.39 is 0 Å². The molecule has 1 fully saturated rings. The molecule has 104 valence electrons. The molecule has 3 nitrogen and oxygen atoms in total. The lowest BCUT2D eigenvalue weighted by Crippen LogP contribution is -2.50. The number of nitrogens with zero attached hydrogens (tertiary/aromatic N) is 1. The molecule has 0 aliphatic carbocycles. The van der Waals surface area contributed by atoms with Crippen molar-refractivity contribution in [1.29, 1.82) is 0 Å². The standard InChI is InChI=1S/C16H24N2O/c1-5-11-8-7-9-12(6-2)15(11)18-14(19)10-13(17)16(18,3)4/h7-9,13H,5-6,10,17H2,1-4H3. The maximum Gasteiger partial charge on any atom is 0.229 e. The Kier molecular flexibility index (Phi) is 3.68. The second-order valence-corrected chi connectivity index (χ2v) is 5.83. The topological polar surface area (TPSA) is 46.3 Å². The van der Waals surface area contributed by atoms with E-state index in [0.29, 0.717) is 6.42 Å². The number of aryl methyl sites for hydroxylation is 2. The Bertz CT molecular complexity index is 471. The van der Waals surface area contributed by atoms with Crippen molar-refractivity contribution in [3.63, 3.8) is 0 Å². The lowest BCUT2D eigenvalue weighted by atomic mass is 9.94. The van der Waals surface area contributed by atoms with Crippen LogP contribution in [0.5, 0.6) is 0 Å². The molecule has 2 N–H and O–H groups in total. The smallest absolute Gasteiger partial charge is 0.229 e. The summed E-state index contributed by atoms with van der Waals surface area (Å²) < 4.78 is 0. The largest absolute Gasteiger partial charge is 0.325 e. The summed E-state index contributed by atoms with van der Waals surface area (Å²) in [5.74, 6) is 0.146. The van der Waals surface area contributed by atoms with Gasteiger partial charge in [-0.3, -0.25) is 4.79 Å². The summed E-state index contributed by atoms with van der Waals surface area (Å²) in [5.41, 5.74) is 9.39. The molecule has 1 unspecified atom stereocenters. The van der Waals surface area contributed by atoms with Crippen LogP contribution in [-0.4, -0.2) is 17.5 Å². The highest BCUT2D eigenvalue weighted by Gasteiger charge is 2.46. The summed E-state index contributed by atoms with van der Waals surface area (Å²) in [5, 5.41) is 0. The zero-order valence-corrected chi connectivity index (χ0v) is 12.4. The second-order valence-electron chi connectivity index (χ2n) is 5.83. The minimum absolute atomic E-state index is 0.102. The van der Waals surface area contributed by atoms with E-state index in [1.807, 2.05) is 4.90 Å². The lowest BCUT2D eigenvalue weighted by molar-refractivity contribution is -0.117. The van der Waals surface area contributed by atoms with Crippen molar-refractivity contribution in [2.24, 2.45) is 5.73 Å². The Morgan fingerprint density at radius 3 is 2.16 bits per heavy atom. The quantitative estimate of drug-likeness (QED) is 0.908. The number of carbonyl (C=O) groups excluding carboxylic acids is 1. The molecule has 0 aromatic heterocycles. The normalized spacial score (nSPS) is 22.1. The highest BCUT2D eigenvalue weighted by molar-refractivity contribution is 5.99. The fraction of sp³-hybridized carbons (Fsp3) is 0.562. The van der Waals surface area contributed by atoms with Crippen molar-refractivity contribution in [2.45, 2.75) is 58.5 Å². The van der Waals surface area contributed by atoms with Gasteiger partial charge in [-0.1, -0.05) is 32.0 Å². The molecule has 1 amide bonds. The molecule has 0 saturated carbocycles. The van der Waals surface area contributed by atoms with Crippen molar-refractivity contribution in [3.8, 4) is 0 Å². The zero-order chi connectivity index (χ0) is 14.2. The summed E-state index contributed by atoms with van der Waals surface area (Å²) in [7, 11) is 0. The van der Waals surface area contributed by atoms with Gasteiger partial charge in [0.25, 0.3) is 0 Å². The first-order valence-electron chi connectivity index (χ1n) is 7.12.